The summed E-state index contributed by atoms with van der Waals surface area (Å²) in [5.41, 5.74) is 0.885. The standard InChI is InChI=1S/C21H30N2O4S/c1-4-27-21(26)18-13(2)19(14(3)24)28-20(18)22-17(25)12-23-11-7-9-15-8-5-6-10-16(15)23/h15-16H,4-12H2,1-3H3,(H,22,25)/t15-,16-/m0/s1. The highest BCUT2D eigenvalue weighted by molar-refractivity contribution is 7.18. The lowest BCUT2D eigenvalue weighted by molar-refractivity contribution is -0.118. The number of thiophene rings is 1. The fourth-order valence-corrected chi connectivity index (χ4v) is 5.77. The van der Waals surface area contributed by atoms with Gasteiger partial charge in [-0.25, -0.2) is 4.79 Å². The van der Waals surface area contributed by atoms with Crippen LogP contribution in [0.25, 0.3) is 0 Å². The Kier molecular flexibility index (Phi) is 6.88. The van der Waals surface area contributed by atoms with Gasteiger partial charge in [0, 0.05) is 6.04 Å². The second-order valence-electron chi connectivity index (χ2n) is 7.81. The van der Waals surface area contributed by atoms with Gasteiger partial charge in [-0.2, -0.15) is 0 Å². The molecule has 1 amide bonds. The summed E-state index contributed by atoms with van der Waals surface area (Å²) in [5.74, 6) is -0.0363. The Balaban J connectivity index is 1.75. The quantitative estimate of drug-likeness (QED) is 0.570. The largest absolute Gasteiger partial charge is 0.462 e. The van der Waals surface area contributed by atoms with E-state index in [1.165, 1.54) is 39.0 Å². The number of nitrogens with zero attached hydrogens (tertiary/aromatic N) is 1. The highest BCUT2D eigenvalue weighted by Gasteiger charge is 2.34. The van der Waals surface area contributed by atoms with E-state index < -0.39 is 5.97 Å². The van der Waals surface area contributed by atoms with Gasteiger partial charge < -0.3 is 10.1 Å². The summed E-state index contributed by atoms with van der Waals surface area (Å²) in [4.78, 5) is 39.9. The van der Waals surface area contributed by atoms with Crippen LogP contribution in [0, 0.1) is 12.8 Å². The molecule has 1 saturated carbocycles. The van der Waals surface area contributed by atoms with Crippen LogP contribution in [0.1, 0.15) is 78.0 Å². The van der Waals surface area contributed by atoms with E-state index in [4.69, 9.17) is 4.74 Å². The predicted molar refractivity (Wildman–Crippen MR) is 110 cm³/mol. The summed E-state index contributed by atoms with van der Waals surface area (Å²) in [7, 11) is 0. The normalized spacial score (nSPS) is 22.4. The van der Waals surface area contributed by atoms with E-state index in [1.807, 2.05) is 0 Å². The molecule has 2 atom stereocenters. The van der Waals surface area contributed by atoms with E-state index in [2.05, 4.69) is 10.2 Å². The molecular weight excluding hydrogens is 376 g/mol. The number of piperidine rings is 1. The molecule has 0 radical (unpaired) electrons. The monoisotopic (exact) mass is 406 g/mol. The molecule has 2 heterocycles. The molecule has 0 spiro atoms. The van der Waals surface area contributed by atoms with Crippen LogP contribution in [0.4, 0.5) is 5.00 Å². The minimum absolute atomic E-state index is 0.116. The summed E-state index contributed by atoms with van der Waals surface area (Å²) >= 11 is 1.16. The average molecular weight is 407 g/mol. The van der Waals surface area contributed by atoms with Crippen LogP contribution in [-0.2, 0) is 9.53 Å². The third kappa shape index (κ3) is 4.46. The fraction of sp³-hybridized carbons (Fsp3) is 0.667. The van der Waals surface area contributed by atoms with Crippen molar-refractivity contribution in [2.45, 2.75) is 65.3 Å². The Hall–Kier alpha value is -1.73. The number of hydrogen-bond donors (Lipinski definition) is 1. The van der Waals surface area contributed by atoms with Crippen LogP contribution in [0.3, 0.4) is 0 Å². The van der Waals surface area contributed by atoms with Crippen LogP contribution < -0.4 is 5.32 Å². The first-order valence-corrected chi connectivity index (χ1v) is 11.1. The predicted octanol–water partition coefficient (Wildman–Crippen LogP) is 4.03. The van der Waals surface area contributed by atoms with Crippen molar-refractivity contribution in [2.75, 3.05) is 25.0 Å². The van der Waals surface area contributed by atoms with E-state index in [-0.39, 0.29) is 18.3 Å². The number of nitrogens with one attached hydrogen (secondary N) is 1. The van der Waals surface area contributed by atoms with Gasteiger partial charge >= 0.3 is 5.97 Å². The fourth-order valence-electron chi connectivity index (χ4n) is 4.66. The van der Waals surface area contributed by atoms with Gasteiger partial charge in [0.05, 0.1) is 23.6 Å². The van der Waals surface area contributed by atoms with Crippen molar-refractivity contribution < 1.29 is 19.1 Å². The van der Waals surface area contributed by atoms with Gasteiger partial charge in [0.1, 0.15) is 5.00 Å². The van der Waals surface area contributed by atoms with E-state index in [9.17, 15) is 14.4 Å². The lowest BCUT2D eigenvalue weighted by Crippen LogP contribution is -2.49. The number of ketones is 1. The molecule has 0 bridgehead atoms. The number of amides is 1. The molecular formula is C21H30N2O4S. The average Bonchev–Trinajstić information content (AvgIpc) is 2.98. The molecule has 1 aromatic heterocycles. The van der Waals surface area contributed by atoms with Crippen molar-refractivity contribution in [3.8, 4) is 0 Å². The van der Waals surface area contributed by atoms with Crippen LogP contribution in [0.5, 0.6) is 0 Å². The van der Waals surface area contributed by atoms with Crippen LogP contribution >= 0.6 is 11.3 Å². The summed E-state index contributed by atoms with van der Waals surface area (Å²) in [6.45, 7) is 6.45. The molecule has 1 saturated heterocycles. The molecule has 7 heteroatoms. The van der Waals surface area contributed by atoms with Crippen molar-refractivity contribution in [3.63, 3.8) is 0 Å². The molecule has 6 nitrogen and oxygen atoms in total. The number of Topliss-reactive ketones (excluding diaryl/α,β-unsaturated/α-hetero) is 1. The number of rotatable bonds is 6. The molecule has 1 aromatic rings. The third-order valence-corrected chi connectivity index (χ3v) is 7.21. The van der Waals surface area contributed by atoms with Crippen LogP contribution in [0.15, 0.2) is 0 Å². The maximum atomic E-state index is 12.8. The number of carbonyl (C=O) groups excluding carboxylic acids is 3. The number of carbonyl (C=O) groups is 3. The molecule has 2 fully saturated rings. The van der Waals surface area contributed by atoms with Gasteiger partial charge in [-0.1, -0.05) is 12.8 Å². The van der Waals surface area contributed by atoms with Gasteiger partial charge in [0.2, 0.25) is 5.91 Å². The smallest absolute Gasteiger partial charge is 0.341 e. The van der Waals surface area contributed by atoms with Gasteiger partial charge in [0.15, 0.2) is 5.78 Å². The summed E-state index contributed by atoms with van der Waals surface area (Å²) in [6, 6.07) is 0.496. The topological polar surface area (TPSA) is 75.7 Å². The molecule has 2 aliphatic rings. The number of anilines is 1. The highest BCUT2D eigenvalue weighted by Crippen LogP contribution is 2.36. The first kappa shape index (κ1) is 21.0. The van der Waals surface area contributed by atoms with Crippen molar-refractivity contribution in [1.29, 1.82) is 0 Å². The van der Waals surface area contributed by atoms with Crippen LogP contribution in [-0.4, -0.2) is 48.3 Å². The number of ether oxygens (including phenoxy) is 1. The second-order valence-corrected chi connectivity index (χ2v) is 8.83. The molecule has 1 aliphatic carbocycles. The maximum Gasteiger partial charge on any atom is 0.341 e. The lowest BCUT2D eigenvalue weighted by atomic mass is 9.78. The Morgan fingerprint density at radius 3 is 2.61 bits per heavy atom. The third-order valence-electron chi connectivity index (χ3n) is 5.90. The minimum Gasteiger partial charge on any atom is -0.462 e. The van der Waals surface area contributed by atoms with E-state index >= 15 is 0 Å². The van der Waals surface area contributed by atoms with Crippen molar-refractivity contribution in [2.24, 2.45) is 5.92 Å². The van der Waals surface area contributed by atoms with E-state index in [1.54, 1.807) is 13.8 Å². The first-order chi connectivity index (χ1) is 13.4. The Morgan fingerprint density at radius 1 is 1.18 bits per heavy atom. The molecule has 1 aliphatic heterocycles. The molecule has 0 aromatic carbocycles. The number of likely N-dealkylation sites (tertiary alicyclic amines) is 1. The Bertz CT molecular complexity index is 756. The zero-order valence-corrected chi connectivity index (χ0v) is 17.8. The molecule has 1 N–H and O–H groups in total. The lowest BCUT2D eigenvalue weighted by Gasteiger charge is -2.43. The van der Waals surface area contributed by atoms with E-state index in [0.29, 0.717) is 39.5 Å². The highest BCUT2D eigenvalue weighted by atomic mass is 32.1. The molecule has 3 rings (SSSR count). The first-order valence-electron chi connectivity index (χ1n) is 10.3. The molecule has 154 valence electrons. The van der Waals surface area contributed by atoms with E-state index in [0.717, 1.165) is 24.3 Å². The van der Waals surface area contributed by atoms with Crippen molar-refractivity contribution in [1.82, 2.24) is 4.90 Å². The van der Waals surface area contributed by atoms with Gasteiger partial charge in [0.25, 0.3) is 0 Å². The zero-order chi connectivity index (χ0) is 20.3. The maximum absolute atomic E-state index is 12.8. The summed E-state index contributed by atoms with van der Waals surface area (Å²) < 4.78 is 5.14. The van der Waals surface area contributed by atoms with Crippen molar-refractivity contribution >= 4 is 34.0 Å². The molecule has 28 heavy (non-hydrogen) atoms. The summed E-state index contributed by atoms with van der Waals surface area (Å²) in [5, 5.41) is 3.31. The Labute approximate surface area is 170 Å². The second kappa shape index (κ2) is 9.18. The number of esters is 1. The van der Waals surface area contributed by atoms with Crippen molar-refractivity contribution in [3.05, 3.63) is 16.0 Å². The SMILES string of the molecule is CCOC(=O)c1c(NC(=O)CN2CCC[C@@H]3CCCC[C@@H]32)sc(C(C)=O)c1C. The molecule has 0 unspecified atom stereocenters. The zero-order valence-electron chi connectivity index (χ0n) is 17.0. The minimum atomic E-state index is -0.496. The van der Waals surface area contributed by atoms with Gasteiger partial charge in [-0.05, 0) is 64.5 Å². The van der Waals surface area contributed by atoms with Gasteiger partial charge in [-0.3, -0.25) is 14.5 Å². The Morgan fingerprint density at radius 2 is 1.89 bits per heavy atom. The number of fused-ring (bicyclic) bond motifs is 1. The summed E-state index contributed by atoms with van der Waals surface area (Å²) in [6.07, 6.45) is 7.36. The van der Waals surface area contributed by atoms with Gasteiger partial charge in [-0.15, -0.1) is 11.3 Å². The number of hydrogen-bond acceptors (Lipinski definition) is 6. The van der Waals surface area contributed by atoms with Crippen LogP contribution in [0.2, 0.25) is 0 Å².